The molecule has 2 aromatic heterocycles. The third-order valence-corrected chi connectivity index (χ3v) is 11.7. The zero-order chi connectivity index (χ0) is 30.5. The zero-order valence-corrected chi connectivity index (χ0v) is 24.1. The number of alkyl halides is 5. The molecule has 15 heteroatoms. The van der Waals surface area contributed by atoms with Crippen LogP contribution < -0.4 is 10.2 Å². The summed E-state index contributed by atoms with van der Waals surface area (Å²) in [7, 11) is -3.22. The fourth-order valence-corrected chi connectivity index (χ4v) is 8.53. The number of nitrogens with zero attached hydrogens (tertiary/aromatic N) is 4. The van der Waals surface area contributed by atoms with Crippen LogP contribution in [-0.4, -0.2) is 65.1 Å². The van der Waals surface area contributed by atoms with Crippen LogP contribution in [0.15, 0.2) is 36.5 Å². The number of amides is 1. The van der Waals surface area contributed by atoms with Crippen molar-refractivity contribution in [2.24, 2.45) is 5.41 Å². The van der Waals surface area contributed by atoms with Crippen LogP contribution in [0.25, 0.3) is 5.65 Å². The summed E-state index contributed by atoms with van der Waals surface area (Å²) in [5, 5.41) is 5.90. The number of anilines is 2. The maximum Gasteiger partial charge on any atom is 0.401 e. The van der Waals surface area contributed by atoms with Gasteiger partial charge in [-0.15, -0.1) is 0 Å². The van der Waals surface area contributed by atoms with Crippen molar-refractivity contribution >= 4 is 44.4 Å². The molecule has 1 unspecified atom stereocenters. The van der Waals surface area contributed by atoms with E-state index >= 15 is 8.78 Å². The number of hydrogen-bond acceptors (Lipinski definition) is 6. The molecule has 1 amide bonds. The molecular formula is C27H27ClF5N5O3S. The number of sulfone groups is 1. The van der Waals surface area contributed by atoms with Crippen molar-refractivity contribution in [3.05, 3.63) is 52.9 Å². The lowest BCUT2D eigenvalue weighted by atomic mass is 9.87. The minimum Gasteiger partial charge on any atom is -0.355 e. The van der Waals surface area contributed by atoms with Crippen LogP contribution >= 0.6 is 11.6 Å². The number of aromatic nitrogens is 3. The molecule has 226 valence electrons. The van der Waals surface area contributed by atoms with E-state index in [9.17, 15) is 26.4 Å². The summed E-state index contributed by atoms with van der Waals surface area (Å²) in [5.74, 6) is -5.61. The quantitative estimate of drug-likeness (QED) is 0.377. The molecule has 3 aromatic rings. The smallest absolute Gasteiger partial charge is 0.355 e. The Morgan fingerprint density at radius 3 is 2.50 bits per heavy atom. The van der Waals surface area contributed by atoms with Gasteiger partial charge in [0.15, 0.2) is 20.6 Å². The lowest BCUT2D eigenvalue weighted by molar-refractivity contribution is -0.181. The first-order valence-corrected chi connectivity index (χ1v) is 15.5. The zero-order valence-electron chi connectivity index (χ0n) is 22.6. The van der Waals surface area contributed by atoms with Crippen molar-refractivity contribution in [2.45, 2.75) is 61.8 Å². The van der Waals surface area contributed by atoms with Gasteiger partial charge in [0.2, 0.25) is 5.91 Å². The summed E-state index contributed by atoms with van der Waals surface area (Å²) in [6.45, 7) is 1.69. The topological polar surface area (TPSA) is 96.7 Å². The minimum absolute atomic E-state index is 0.00996. The van der Waals surface area contributed by atoms with Crippen LogP contribution in [0.5, 0.6) is 0 Å². The highest BCUT2D eigenvalue weighted by molar-refractivity contribution is 7.92. The summed E-state index contributed by atoms with van der Waals surface area (Å²) in [6.07, 6.45) is -2.15. The molecule has 8 nitrogen and oxygen atoms in total. The molecule has 1 N–H and O–H groups in total. The second-order valence-corrected chi connectivity index (χ2v) is 14.5. The standard InChI is InChI=1S/C27H27ClF5N5O3S/c1-24(27(31,32)33)14-37(18-13-35-20-12-19(28)36-38(20)22(18)24)16-7-5-15(6-8-16)21-25(2,26(21,29)30)23(39)34-10-9-17-4-3-11-42(17,40)41/h5-8,12-13,17,21H,3-4,9-11,14H2,1-2H3,(H,34,39)/t17?,21-,24-,25+/m1/s1. The maximum absolute atomic E-state index is 15.1. The lowest BCUT2D eigenvalue weighted by Crippen LogP contribution is -2.43. The normalized spacial score (nSPS) is 29.6. The highest BCUT2D eigenvalue weighted by Crippen LogP contribution is 2.71. The Morgan fingerprint density at radius 2 is 1.88 bits per heavy atom. The predicted octanol–water partition coefficient (Wildman–Crippen LogP) is 5.18. The molecule has 42 heavy (non-hydrogen) atoms. The molecule has 0 radical (unpaired) electrons. The molecule has 1 aliphatic carbocycles. The highest BCUT2D eigenvalue weighted by Gasteiger charge is 2.82. The number of carbonyl (C=O) groups excluding carboxylic acids is 1. The number of hydrogen-bond donors (Lipinski definition) is 1. The molecule has 3 aliphatic rings. The second kappa shape index (κ2) is 9.25. The third-order valence-electron chi connectivity index (χ3n) is 9.12. The van der Waals surface area contributed by atoms with Crippen molar-refractivity contribution in [3.8, 4) is 0 Å². The monoisotopic (exact) mass is 631 g/mol. The molecule has 6 rings (SSSR count). The lowest BCUT2D eigenvalue weighted by Gasteiger charge is -2.28. The minimum atomic E-state index is -4.66. The molecule has 4 heterocycles. The van der Waals surface area contributed by atoms with Crippen molar-refractivity contribution in [1.82, 2.24) is 19.9 Å². The molecule has 4 atom stereocenters. The first-order chi connectivity index (χ1) is 19.5. The van der Waals surface area contributed by atoms with E-state index in [2.05, 4.69) is 15.4 Å². The van der Waals surface area contributed by atoms with Gasteiger partial charge in [-0.05, 0) is 50.8 Å². The Labute approximate surface area is 243 Å². The SMILES string of the molecule is C[C@@]1(C(F)(F)F)CN(c2ccc([C@H]3C(F)(F)[C@]3(C)C(=O)NCCC3CCCS3(=O)=O)cc2)c2cnc3cc(Cl)nn3c21. The number of fused-ring (bicyclic) bond motifs is 3. The van der Waals surface area contributed by atoms with E-state index in [0.717, 1.165) is 18.4 Å². The van der Waals surface area contributed by atoms with Gasteiger partial charge in [-0.2, -0.15) is 18.3 Å². The van der Waals surface area contributed by atoms with E-state index in [-0.39, 0.29) is 46.5 Å². The van der Waals surface area contributed by atoms with Gasteiger partial charge in [0.05, 0.1) is 34.5 Å². The molecule has 2 fully saturated rings. The van der Waals surface area contributed by atoms with E-state index in [1.54, 1.807) is 0 Å². The van der Waals surface area contributed by atoms with Gasteiger partial charge in [-0.1, -0.05) is 23.7 Å². The van der Waals surface area contributed by atoms with Gasteiger partial charge in [0.25, 0.3) is 5.92 Å². The molecule has 0 spiro atoms. The van der Waals surface area contributed by atoms with E-state index in [1.165, 1.54) is 41.4 Å². The number of benzene rings is 1. The summed E-state index contributed by atoms with van der Waals surface area (Å²) in [6, 6.07) is 7.02. The summed E-state index contributed by atoms with van der Waals surface area (Å²) >= 11 is 5.96. The third kappa shape index (κ3) is 4.11. The summed E-state index contributed by atoms with van der Waals surface area (Å²) in [5.41, 5.74) is -3.74. The number of nitrogens with one attached hydrogen (secondary N) is 1. The van der Waals surface area contributed by atoms with E-state index in [0.29, 0.717) is 18.5 Å². The second-order valence-electron chi connectivity index (χ2n) is 11.7. The van der Waals surface area contributed by atoms with Crippen LogP contribution in [0, 0.1) is 5.41 Å². The van der Waals surface area contributed by atoms with Crippen LogP contribution in [0.4, 0.5) is 33.3 Å². The van der Waals surface area contributed by atoms with E-state index in [1.807, 2.05) is 0 Å². The Bertz CT molecular complexity index is 1700. The van der Waals surface area contributed by atoms with Crippen molar-refractivity contribution in [1.29, 1.82) is 0 Å². The number of carbonyl (C=O) groups is 1. The van der Waals surface area contributed by atoms with Gasteiger partial charge in [-0.3, -0.25) is 4.79 Å². The predicted molar refractivity (Wildman–Crippen MR) is 145 cm³/mol. The molecule has 0 bridgehead atoms. The molecule has 2 aliphatic heterocycles. The summed E-state index contributed by atoms with van der Waals surface area (Å²) in [4.78, 5) is 18.5. The number of halogens is 6. The van der Waals surface area contributed by atoms with Crippen LogP contribution in [-0.2, 0) is 20.0 Å². The largest absolute Gasteiger partial charge is 0.401 e. The van der Waals surface area contributed by atoms with Gasteiger partial charge in [0, 0.05) is 24.8 Å². The van der Waals surface area contributed by atoms with Crippen molar-refractivity contribution in [3.63, 3.8) is 0 Å². The van der Waals surface area contributed by atoms with Crippen LogP contribution in [0.2, 0.25) is 5.15 Å². The summed E-state index contributed by atoms with van der Waals surface area (Å²) < 4.78 is 98.5. The van der Waals surface area contributed by atoms with E-state index in [4.69, 9.17) is 11.6 Å². The van der Waals surface area contributed by atoms with Crippen LogP contribution in [0.1, 0.15) is 50.3 Å². The first-order valence-electron chi connectivity index (χ1n) is 13.4. The van der Waals surface area contributed by atoms with Crippen LogP contribution in [0.3, 0.4) is 0 Å². The Balaban J connectivity index is 1.24. The Hall–Kier alpha value is -3.00. The first kappa shape index (κ1) is 29.1. The van der Waals surface area contributed by atoms with Crippen molar-refractivity contribution < 1.29 is 35.2 Å². The fraction of sp³-hybridized carbons (Fsp3) is 0.519. The molecular weight excluding hydrogens is 605 g/mol. The average Bonchev–Trinajstić information content (AvgIpc) is 3.32. The number of rotatable bonds is 6. The van der Waals surface area contributed by atoms with Gasteiger partial charge in [-0.25, -0.2) is 26.7 Å². The van der Waals surface area contributed by atoms with E-state index < -0.39 is 56.4 Å². The van der Waals surface area contributed by atoms with Gasteiger partial charge in [0.1, 0.15) is 10.8 Å². The highest BCUT2D eigenvalue weighted by atomic mass is 35.5. The molecule has 1 aromatic carbocycles. The average molecular weight is 632 g/mol. The van der Waals surface area contributed by atoms with Crippen molar-refractivity contribution in [2.75, 3.05) is 23.7 Å². The Morgan fingerprint density at radius 1 is 1.19 bits per heavy atom. The Kier molecular flexibility index (Phi) is 6.41. The molecule has 1 saturated carbocycles. The maximum atomic E-state index is 15.1. The fourth-order valence-electron chi connectivity index (χ4n) is 6.46. The van der Waals surface area contributed by atoms with Gasteiger partial charge < -0.3 is 10.2 Å². The van der Waals surface area contributed by atoms with Gasteiger partial charge >= 0.3 is 6.18 Å². The molecule has 1 saturated heterocycles.